The van der Waals surface area contributed by atoms with Crippen molar-refractivity contribution in [2.45, 2.75) is 18.7 Å². The largest absolute Gasteiger partial charge is 0.415 e. The molecule has 1 atom stereocenters. The minimum Gasteiger partial charge on any atom is -0.372 e. The van der Waals surface area contributed by atoms with Gasteiger partial charge in [-0.15, -0.1) is 0 Å². The van der Waals surface area contributed by atoms with Crippen molar-refractivity contribution in [3.05, 3.63) is 35.9 Å². The van der Waals surface area contributed by atoms with Gasteiger partial charge in [0.2, 0.25) is 0 Å². The van der Waals surface area contributed by atoms with Crippen molar-refractivity contribution in [1.29, 1.82) is 0 Å². The van der Waals surface area contributed by atoms with Crippen LogP contribution in [0.1, 0.15) is 16.8 Å². The SMILES string of the molecule is COC(CC(=O)c1ccccc1)C(F)(F)F. The summed E-state index contributed by atoms with van der Waals surface area (Å²) in [7, 11) is 0.941. The van der Waals surface area contributed by atoms with E-state index < -0.39 is 24.5 Å². The highest BCUT2D eigenvalue weighted by Gasteiger charge is 2.41. The molecule has 0 spiro atoms. The first-order valence-corrected chi connectivity index (χ1v) is 4.63. The van der Waals surface area contributed by atoms with Crippen molar-refractivity contribution >= 4 is 5.78 Å². The summed E-state index contributed by atoms with van der Waals surface area (Å²) in [6.45, 7) is 0. The number of carbonyl (C=O) groups excluding carboxylic acids is 1. The van der Waals surface area contributed by atoms with Gasteiger partial charge in [-0.05, 0) is 0 Å². The Morgan fingerprint density at radius 2 is 1.88 bits per heavy atom. The molecule has 1 aromatic rings. The lowest BCUT2D eigenvalue weighted by atomic mass is 10.1. The summed E-state index contributed by atoms with van der Waals surface area (Å²) in [5, 5.41) is 0. The Labute approximate surface area is 91.0 Å². The standard InChI is InChI=1S/C11H11F3O2/c1-16-10(11(12,13)14)7-9(15)8-5-3-2-4-6-8/h2-6,10H,7H2,1H3. The highest BCUT2D eigenvalue weighted by molar-refractivity contribution is 5.96. The topological polar surface area (TPSA) is 26.3 Å². The van der Waals surface area contributed by atoms with Crippen LogP contribution in [0.15, 0.2) is 30.3 Å². The number of hydrogen-bond acceptors (Lipinski definition) is 2. The molecule has 1 aromatic carbocycles. The lowest BCUT2D eigenvalue weighted by Gasteiger charge is -2.17. The molecule has 0 saturated heterocycles. The number of alkyl halides is 3. The van der Waals surface area contributed by atoms with Gasteiger partial charge >= 0.3 is 6.18 Å². The van der Waals surface area contributed by atoms with Gasteiger partial charge in [0.25, 0.3) is 0 Å². The van der Waals surface area contributed by atoms with E-state index >= 15 is 0 Å². The fourth-order valence-electron chi connectivity index (χ4n) is 1.24. The van der Waals surface area contributed by atoms with Crippen molar-refractivity contribution in [3.63, 3.8) is 0 Å². The fraction of sp³-hybridized carbons (Fsp3) is 0.364. The first-order chi connectivity index (χ1) is 7.45. The van der Waals surface area contributed by atoms with Gasteiger partial charge in [0.1, 0.15) is 0 Å². The van der Waals surface area contributed by atoms with E-state index in [4.69, 9.17) is 0 Å². The van der Waals surface area contributed by atoms with Gasteiger partial charge in [-0.2, -0.15) is 13.2 Å². The Bertz CT molecular complexity index is 346. The van der Waals surface area contributed by atoms with Crippen LogP contribution in [0.25, 0.3) is 0 Å². The molecule has 0 amide bonds. The van der Waals surface area contributed by atoms with Crippen molar-refractivity contribution in [3.8, 4) is 0 Å². The summed E-state index contributed by atoms with van der Waals surface area (Å²) in [5.41, 5.74) is 0.258. The highest BCUT2D eigenvalue weighted by atomic mass is 19.4. The molecule has 1 unspecified atom stereocenters. The molecule has 0 bridgehead atoms. The Hall–Kier alpha value is -1.36. The highest BCUT2D eigenvalue weighted by Crippen LogP contribution is 2.25. The Morgan fingerprint density at radius 1 is 1.31 bits per heavy atom. The van der Waals surface area contributed by atoms with Crippen LogP contribution in [-0.2, 0) is 4.74 Å². The predicted octanol–water partition coefficient (Wildman–Crippen LogP) is 2.84. The van der Waals surface area contributed by atoms with Crippen LogP contribution in [0.2, 0.25) is 0 Å². The van der Waals surface area contributed by atoms with Crippen molar-refractivity contribution in [1.82, 2.24) is 0 Å². The molecular weight excluding hydrogens is 221 g/mol. The predicted molar refractivity (Wildman–Crippen MR) is 52.2 cm³/mol. The van der Waals surface area contributed by atoms with Crippen LogP contribution in [0.3, 0.4) is 0 Å². The first-order valence-electron chi connectivity index (χ1n) is 4.63. The summed E-state index contributed by atoms with van der Waals surface area (Å²) in [4.78, 5) is 11.5. The maximum Gasteiger partial charge on any atom is 0.415 e. The number of hydrogen-bond donors (Lipinski definition) is 0. The molecule has 0 aliphatic carbocycles. The molecule has 0 fully saturated rings. The second-order valence-electron chi connectivity index (χ2n) is 3.26. The molecule has 0 aliphatic heterocycles. The van der Waals surface area contributed by atoms with Gasteiger partial charge in [-0.25, -0.2) is 0 Å². The van der Waals surface area contributed by atoms with Crippen molar-refractivity contribution in [2.24, 2.45) is 0 Å². The molecule has 0 heterocycles. The molecule has 88 valence electrons. The zero-order chi connectivity index (χ0) is 12.2. The number of halogens is 3. The van der Waals surface area contributed by atoms with Gasteiger partial charge in [0.15, 0.2) is 11.9 Å². The van der Waals surface area contributed by atoms with Crippen molar-refractivity contribution in [2.75, 3.05) is 7.11 Å². The van der Waals surface area contributed by atoms with Crippen LogP contribution < -0.4 is 0 Å². The van der Waals surface area contributed by atoms with E-state index in [1.54, 1.807) is 18.2 Å². The molecule has 0 aromatic heterocycles. The molecule has 0 aliphatic rings. The molecule has 2 nitrogen and oxygen atoms in total. The van der Waals surface area contributed by atoms with Gasteiger partial charge in [0, 0.05) is 19.1 Å². The summed E-state index contributed by atoms with van der Waals surface area (Å²) < 4.78 is 41.2. The number of Topliss-reactive ketones (excluding diaryl/α,β-unsaturated/α-hetero) is 1. The third-order valence-electron chi connectivity index (χ3n) is 2.12. The zero-order valence-electron chi connectivity index (χ0n) is 8.62. The Kier molecular flexibility index (Phi) is 4.06. The van der Waals surface area contributed by atoms with E-state index in [-0.39, 0.29) is 5.56 Å². The quantitative estimate of drug-likeness (QED) is 0.746. The van der Waals surface area contributed by atoms with Crippen LogP contribution in [0.4, 0.5) is 13.2 Å². The fourth-order valence-corrected chi connectivity index (χ4v) is 1.24. The monoisotopic (exact) mass is 232 g/mol. The van der Waals surface area contributed by atoms with E-state index in [1.165, 1.54) is 12.1 Å². The summed E-state index contributed by atoms with van der Waals surface area (Å²) >= 11 is 0. The molecule has 5 heteroatoms. The minimum absolute atomic E-state index is 0.258. The average molecular weight is 232 g/mol. The van der Waals surface area contributed by atoms with E-state index in [1.807, 2.05) is 0 Å². The number of methoxy groups -OCH3 is 1. The number of benzene rings is 1. The normalized spacial score (nSPS) is 13.5. The second kappa shape index (κ2) is 5.12. The van der Waals surface area contributed by atoms with E-state index in [2.05, 4.69) is 4.74 Å². The second-order valence-corrected chi connectivity index (χ2v) is 3.26. The Balaban J connectivity index is 2.71. The van der Waals surface area contributed by atoms with Gasteiger partial charge in [-0.1, -0.05) is 30.3 Å². The maximum atomic E-state index is 12.3. The lowest BCUT2D eigenvalue weighted by molar-refractivity contribution is -0.211. The van der Waals surface area contributed by atoms with Gasteiger partial charge in [0.05, 0.1) is 0 Å². The summed E-state index contributed by atoms with van der Waals surface area (Å²) in [6, 6.07) is 7.84. The molecule has 16 heavy (non-hydrogen) atoms. The van der Waals surface area contributed by atoms with Crippen molar-refractivity contribution < 1.29 is 22.7 Å². The van der Waals surface area contributed by atoms with Crippen LogP contribution in [0, 0.1) is 0 Å². The van der Waals surface area contributed by atoms with Crippen LogP contribution in [-0.4, -0.2) is 25.2 Å². The Morgan fingerprint density at radius 3 is 2.31 bits per heavy atom. The number of ether oxygens (including phenoxy) is 1. The number of rotatable bonds is 4. The number of carbonyl (C=O) groups is 1. The van der Waals surface area contributed by atoms with E-state index in [9.17, 15) is 18.0 Å². The van der Waals surface area contributed by atoms with Crippen LogP contribution >= 0.6 is 0 Å². The first kappa shape index (κ1) is 12.7. The smallest absolute Gasteiger partial charge is 0.372 e. The molecule has 0 saturated carbocycles. The lowest BCUT2D eigenvalue weighted by Crippen LogP contribution is -2.32. The number of ketones is 1. The maximum absolute atomic E-state index is 12.3. The third kappa shape index (κ3) is 3.34. The molecule has 1 rings (SSSR count). The minimum atomic E-state index is -4.51. The molecular formula is C11H11F3O2. The van der Waals surface area contributed by atoms with Crippen LogP contribution in [0.5, 0.6) is 0 Å². The van der Waals surface area contributed by atoms with Gasteiger partial charge in [-0.3, -0.25) is 4.79 Å². The summed E-state index contributed by atoms with van der Waals surface area (Å²) in [6.07, 6.45) is -7.25. The van der Waals surface area contributed by atoms with E-state index in [0.717, 1.165) is 7.11 Å². The average Bonchev–Trinajstić information content (AvgIpc) is 2.25. The summed E-state index contributed by atoms with van der Waals surface area (Å²) in [5.74, 6) is -0.579. The third-order valence-corrected chi connectivity index (χ3v) is 2.12. The van der Waals surface area contributed by atoms with Gasteiger partial charge < -0.3 is 4.74 Å². The zero-order valence-corrected chi connectivity index (χ0v) is 8.62. The molecule has 0 N–H and O–H groups in total. The molecule has 0 radical (unpaired) electrons. The van der Waals surface area contributed by atoms with E-state index in [0.29, 0.717) is 0 Å².